The first-order valence-electron chi connectivity index (χ1n) is 8.12. The first kappa shape index (κ1) is 14.5. The highest BCUT2D eigenvalue weighted by Gasteiger charge is 2.32. The Morgan fingerprint density at radius 2 is 2.05 bits per heavy atom. The van der Waals surface area contributed by atoms with E-state index in [0.717, 1.165) is 18.5 Å². The van der Waals surface area contributed by atoms with Crippen molar-refractivity contribution in [3.8, 4) is 0 Å². The largest absolute Gasteiger partial charge is 0.296 e. The van der Waals surface area contributed by atoms with Crippen LogP contribution in [0.1, 0.15) is 54.4 Å². The monoisotopic (exact) mass is 287 g/mol. The molecule has 0 spiro atoms. The van der Waals surface area contributed by atoms with Gasteiger partial charge in [-0.15, -0.1) is 0 Å². The minimum absolute atomic E-state index is 0.217. The highest BCUT2D eigenvalue weighted by Crippen LogP contribution is 2.35. The van der Waals surface area contributed by atoms with Crippen LogP contribution in [0.15, 0.2) is 24.3 Å². The molecule has 1 heterocycles. The number of hydrogen-bond donors (Lipinski definition) is 2. The van der Waals surface area contributed by atoms with Gasteiger partial charge >= 0.3 is 0 Å². The Kier molecular flexibility index (Phi) is 4.56. The standard InChI is InChI=1S/C17H25N3O/c18-19-17(21)15-7-3-5-13(11-15)12-20-10-4-8-14-6-1-2-9-16(14)20/h3,5,7,11,14,16H,1-2,4,6,8-10,12,18H2,(H,19,21). The van der Waals surface area contributed by atoms with Gasteiger partial charge in [0.2, 0.25) is 0 Å². The second-order valence-electron chi connectivity index (χ2n) is 6.40. The number of benzene rings is 1. The van der Waals surface area contributed by atoms with Crippen molar-refractivity contribution in [2.45, 2.75) is 51.1 Å². The van der Waals surface area contributed by atoms with E-state index in [9.17, 15) is 4.79 Å². The smallest absolute Gasteiger partial charge is 0.265 e. The van der Waals surface area contributed by atoms with Crippen LogP contribution >= 0.6 is 0 Å². The van der Waals surface area contributed by atoms with E-state index in [4.69, 9.17) is 5.84 Å². The molecule has 0 radical (unpaired) electrons. The summed E-state index contributed by atoms with van der Waals surface area (Å²) in [7, 11) is 0. The number of carbonyl (C=O) groups is 1. The maximum atomic E-state index is 11.6. The van der Waals surface area contributed by atoms with E-state index < -0.39 is 0 Å². The molecule has 1 aromatic carbocycles. The number of carbonyl (C=O) groups excluding carboxylic acids is 1. The van der Waals surface area contributed by atoms with Crippen LogP contribution < -0.4 is 11.3 Å². The highest BCUT2D eigenvalue weighted by atomic mass is 16.2. The molecule has 4 heteroatoms. The third kappa shape index (κ3) is 3.27. The fraction of sp³-hybridized carbons (Fsp3) is 0.588. The normalized spacial score (nSPS) is 26.1. The molecule has 2 aliphatic rings. The number of likely N-dealkylation sites (tertiary alicyclic amines) is 1. The van der Waals surface area contributed by atoms with Crippen molar-refractivity contribution >= 4 is 5.91 Å². The van der Waals surface area contributed by atoms with Gasteiger partial charge in [-0.2, -0.15) is 0 Å². The summed E-state index contributed by atoms with van der Waals surface area (Å²) in [5, 5.41) is 0. The zero-order valence-electron chi connectivity index (χ0n) is 12.6. The SMILES string of the molecule is NNC(=O)c1cccc(CN2CCCC3CCCCC32)c1. The van der Waals surface area contributed by atoms with Crippen molar-refractivity contribution in [1.82, 2.24) is 10.3 Å². The van der Waals surface area contributed by atoms with E-state index in [1.807, 2.05) is 18.2 Å². The van der Waals surface area contributed by atoms with E-state index in [0.29, 0.717) is 5.56 Å². The van der Waals surface area contributed by atoms with E-state index in [2.05, 4.69) is 16.4 Å². The summed E-state index contributed by atoms with van der Waals surface area (Å²) in [6, 6.07) is 8.58. The second-order valence-corrected chi connectivity index (χ2v) is 6.40. The minimum Gasteiger partial charge on any atom is -0.296 e. The summed E-state index contributed by atoms with van der Waals surface area (Å²) in [5.74, 6) is 5.89. The molecule has 3 rings (SSSR count). The minimum atomic E-state index is -0.217. The summed E-state index contributed by atoms with van der Waals surface area (Å²) in [6.45, 7) is 2.14. The summed E-state index contributed by atoms with van der Waals surface area (Å²) < 4.78 is 0. The van der Waals surface area contributed by atoms with Crippen LogP contribution in [-0.2, 0) is 6.54 Å². The number of nitrogen functional groups attached to an aromatic ring is 1. The fourth-order valence-electron chi connectivity index (χ4n) is 4.05. The number of piperidine rings is 1. The van der Waals surface area contributed by atoms with Gasteiger partial charge < -0.3 is 0 Å². The van der Waals surface area contributed by atoms with Crippen LogP contribution in [0.2, 0.25) is 0 Å². The molecular weight excluding hydrogens is 262 g/mol. The van der Waals surface area contributed by atoms with E-state index in [1.165, 1.54) is 50.6 Å². The molecule has 0 bridgehead atoms. The zero-order valence-corrected chi connectivity index (χ0v) is 12.6. The molecule has 1 saturated heterocycles. The molecule has 1 amide bonds. The Morgan fingerprint density at radius 1 is 1.24 bits per heavy atom. The number of amides is 1. The highest BCUT2D eigenvalue weighted by molar-refractivity contribution is 5.93. The number of hydrogen-bond acceptors (Lipinski definition) is 3. The number of nitrogens with one attached hydrogen (secondary N) is 1. The third-order valence-corrected chi connectivity index (χ3v) is 5.06. The molecule has 1 saturated carbocycles. The van der Waals surface area contributed by atoms with Gasteiger partial charge in [0, 0.05) is 18.2 Å². The average molecular weight is 287 g/mol. The Labute approximate surface area is 126 Å². The van der Waals surface area contributed by atoms with Crippen LogP contribution in [0.4, 0.5) is 0 Å². The van der Waals surface area contributed by atoms with E-state index in [-0.39, 0.29) is 5.91 Å². The van der Waals surface area contributed by atoms with Crippen LogP contribution in [-0.4, -0.2) is 23.4 Å². The molecular formula is C17H25N3O. The number of nitrogens with two attached hydrogens (primary N) is 1. The summed E-state index contributed by atoms with van der Waals surface area (Å²) >= 11 is 0. The maximum absolute atomic E-state index is 11.6. The predicted octanol–water partition coefficient (Wildman–Crippen LogP) is 2.44. The Morgan fingerprint density at radius 3 is 2.90 bits per heavy atom. The molecule has 114 valence electrons. The van der Waals surface area contributed by atoms with Gasteiger partial charge in [-0.1, -0.05) is 25.0 Å². The Balaban J connectivity index is 1.71. The van der Waals surface area contributed by atoms with E-state index >= 15 is 0 Å². The number of nitrogens with zero attached hydrogens (tertiary/aromatic N) is 1. The van der Waals surface area contributed by atoms with Gasteiger partial charge in [0.1, 0.15) is 0 Å². The second kappa shape index (κ2) is 6.58. The molecule has 0 aromatic heterocycles. The van der Waals surface area contributed by atoms with Crippen molar-refractivity contribution in [3.63, 3.8) is 0 Å². The van der Waals surface area contributed by atoms with Gasteiger partial charge in [-0.3, -0.25) is 15.1 Å². The lowest BCUT2D eigenvalue weighted by molar-refractivity contribution is 0.0547. The maximum Gasteiger partial charge on any atom is 0.265 e. The van der Waals surface area contributed by atoms with Gasteiger partial charge in [0.05, 0.1) is 0 Å². The first-order valence-corrected chi connectivity index (χ1v) is 8.12. The Bertz CT molecular complexity index is 501. The van der Waals surface area contributed by atoms with Crippen LogP contribution in [0.5, 0.6) is 0 Å². The van der Waals surface area contributed by atoms with Crippen molar-refractivity contribution in [2.75, 3.05) is 6.54 Å². The molecule has 2 fully saturated rings. The zero-order chi connectivity index (χ0) is 14.7. The summed E-state index contributed by atoms with van der Waals surface area (Å²) in [5.41, 5.74) is 4.06. The summed E-state index contributed by atoms with van der Waals surface area (Å²) in [4.78, 5) is 14.3. The summed E-state index contributed by atoms with van der Waals surface area (Å²) in [6.07, 6.45) is 8.22. The van der Waals surface area contributed by atoms with Gasteiger partial charge in [-0.25, -0.2) is 5.84 Å². The number of hydrazine groups is 1. The van der Waals surface area contributed by atoms with Crippen molar-refractivity contribution in [2.24, 2.45) is 11.8 Å². The number of fused-ring (bicyclic) bond motifs is 1. The van der Waals surface area contributed by atoms with Gasteiger partial charge in [-0.05, 0) is 55.8 Å². The van der Waals surface area contributed by atoms with Crippen LogP contribution in [0.25, 0.3) is 0 Å². The third-order valence-electron chi connectivity index (χ3n) is 5.06. The lowest BCUT2D eigenvalue weighted by atomic mass is 9.78. The first-order chi connectivity index (χ1) is 10.3. The van der Waals surface area contributed by atoms with Crippen LogP contribution in [0, 0.1) is 5.92 Å². The molecule has 21 heavy (non-hydrogen) atoms. The molecule has 1 aliphatic carbocycles. The molecule has 1 aromatic rings. The van der Waals surface area contributed by atoms with E-state index in [1.54, 1.807) is 0 Å². The topological polar surface area (TPSA) is 58.4 Å². The molecule has 2 unspecified atom stereocenters. The van der Waals surface area contributed by atoms with Crippen LogP contribution in [0.3, 0.4) is 0 Å². The van der Waals surface area contributed by atoms with Crippen molar-refractivity contribution < 1.29 is 4.79 Å². The lowest BCUT2D eigenvalue weighted by Crippen LogP contribution is -2.46. The number of rotatable bonds is 3. The van der Waals surface area contributed by atoms with Crippen molar-refractivity contribution in [1.29, 1.82) is 0 Å². The van der Waals surface area contributed by atoms with Gasteiger partial charge in [0.15, 0.2) is 0 Å². The molecule has 3 N–H and O–H groups in total. The average Bonchev–Trinajstić information content (AvgIpc) is 2.55. The lowest BCUT2D eigenvalue weighted by Gasteiger charge is -2.44. The molecule has 2 atom stereocenters. The Hall–Kier alpha value is -1.39. The molecule has 4 nitrogen and oxygen atoms in total. The van der Waals surface area contributed by atoms with Gasteiger partial charge in [0.25, 0.3) is 5.91 Å². The fourth-order valence-corrected chi connectivity index (χ4v) is 4.05. The molecule has 1 aliphatic heterocycles. The quantitative estimate of drug-likeness (QED) is 0.510. The predicted molar refractivity (Wildman–Crippen MR) is 83.5 cm³/mol. The van der Waals surface area contributed by atoms with Crippen molar-refractivity contribution in [3.05, 3.63) is 35.4 Å².